The molecule has 1 fully saturated rings. The highest BCUT2D eigenvalue weighted by molar-refractivity contribution is 6.07. The average Bonchev–Trinajstić information content (AvgIpc) is 3.15. The smallest absolute Gasteiger partial charge is 0.153 e. The first-order valence-electron chi connectivity index (χ1n) is 9.72. The largest absolute Gasteiger partial charge is 0.495 e. The number of aromatic nitrogens is 1. The van der Waals surface area contributed by atoms with Crippen LogP contribution < -0.4 is 10.5 Å². The lowest BCUT2D eigenvalue weighted by atomic mass is 9.89. The number of nitrogens with two attached hydrogens (primary N) is 1. The molecule has 7 heteroatoms. The lowest BCUT2D eigenvalue weighted by Gasteiger charge is -2.30. The van der Waals surface area contributed by atoms with Crippen LogP contribution in [0.2, 0.25) is 0 Å². The second kappa shape index (κ2) is 7.88. The third kappa shape index (κ3) is 3.40. The maximum absolute atomic E-state index is 6.27. The summed E-state index contributed by atoms with van der Waals surface area (Å²) >= 11 is 0. The SMILES string of the molecule is C=N/C(=C1/C(N)=NC=NN1CC1CCCCC1)c1cc2cccc(OC)c2[nH]1. The number of benzene rings is 1. The van der Waals surface area contributed by atoms with Crippen molar-refractivity contribution in [1.29, 1.82) is 0 Å². The Bertz CT molecular complexity index is 964. The van der Waals surface area contributed by atoms with E-state index < -0.39 is 0 Å². The molecule has 146 valence electrons. The minimum absolute atomic E-state index is 0.402. The number of hydrazone groups is 1. The first kappa shape index (κ1) is 18.3. The molecule has 2 aliphatic rings. The van der Waals surface area contributed by atoms with Crippen LogP contribution in [0.25, 0.3) is 16.6 Å². The van der Waals surface area contributed by atoms with Crippen LogP contribution in [0.15, 0.2) is 45.0 Å². The molecule has 2 heterocycles. The van der Waals surface area contributed by atoms with E-state index in [1.54, 1.807) is 7.11 Å². The Balaban J connectivity index is 1.76. The van der Waals surface area contributed by atoms with Gasteiger partial charge in [-0.25, -0.2) is 4.99 Å². The van der Waals surface area contributed by atoms with Gasteiger partial charge < -0.3 is 15.5 Å². The molecule has 0 spiro atoms. The standard InChI is InChI=1S/C21H26N6O/c1-23-19(16-11-15-9-6-10-17(28-2)18(15)26-16)20-21(22)24-13-25-27(20)12-14-7-4-3-5-8-14/h6,9-11,13-14,26H,1,3-5,7-8,12H2,2H3,(H2,22,24,25)/b20-19-. The molecule has 3 N–H and O–H groups in total. The van der Waals surface area contributed by atoms with Gasteiger partial charge in [0.05, 0.1) is 18.3 Å². The van der Waals surface area contributed by atoms with Gasteiger partial charge in [-0.15, -0.1) is 0 Å². The molecule has 0 radical (unpaired) electrons. The molecule has 2 aromatic rings. The molecule has 7 nitrogen and oxygen atoms in total. The van der Waals surface area contributed by atoms with Crippen molar-refractivity contribution in [2.45, 2.75) is 32.1 Å². The van der Waals surface area contributed by atoms with Crippen LogP contribution in [0.1, 0.15) is 37.8 Å². The van der Waals surface area contributed by atoms with Crippen LogP contribution in [0, 0.1) is 5.92 Å². The van der Waals surface area contributed by atoms with Gasteiger partial charge in [0.1, 0.15) is 23.5 Å². The van der Waals surface area contributed by atoms with Crippen LogP contribution >= 0.6 is 0 Å². The van der Waals surface area contributed by atoms with Crippen LogP contribution in [-0.4, -0.2) is 42.5 Å². The second-order valence-electron chi connectivity index (χ2n) is 7.29. The number of H-pyrrole nitrogens is 1. The van der Waals surface area contributed by atoms with E-state index in [9.17, 15) is 0 Å². The zero-order chi connectivity index (χ0) is 19.5. The zero-order valence-electron chi connectivity index (χ0n) is 16.2. The molecular weight excluding hydrogens is 352 g/mol. The summed E-state index contributed by atoms with van der Waals surface area (Å²) in [7, 11) is 1.66. The van der Waals surface area contributed by atoms with Crippen molar-refractivity contribution < 1.29 is 4.74 Å². The van der Waals surface area contributed by atoms with Gasteiger partial charge in [0.2, 0.25) is 0 Å². The molecular formula is C21H26N6O. The predicted octanol–water partition coefficient (Wildman–Crippen LogP) is 3.74. The number of fused-ring (bicyclic) bond motifs is 1. The number of nitrogens with zero attached hydrogens (tertiary/aromatic N) is 4. The maximum Gasteiger partial charge on any atom is 0.153 e. The third-order valence-electron chi connectivity index (χ3n) is 5.52. The number of ether oxygens (including phenoxy) is 1. The fourth-order valence-electron chi connectivity index (χ4n) is 4.11. The molecule has 0 atom stereocenters. The van der Waals surface area contributed by atoms with Crippen molar-refractivity contribution in [3.63, 3.8) is 0 Å². The first-order chi connectivity index (χ1) is 13.7. The van der Waals surface area contributed by atoms with Gasteiger partial charge in [0.15, 0.2) is 5.84 Å². The summed E-state index contributed by atoms with van der Waals surface area (Å²) < 4.78 is 5.47. The van der Waals surface area contributed by atoms with Gasteiger partial charge in [-0.2, -0.15) is 5.10 Å². The van der Waals surface area contributed by atoms with Crippen LogP contribution in [0.5, 0.6) is 5.75 Å². The quantitative estimate of drug-likeness (QED) is 0.776. The Labute approximate surface area is 164 Å². The average molecular weight is 378 g/mol. The number of rotatable bonds is 5. The van der Waals surface area contributed by atoms with Gasteiger partial charge in [-0.1, -0.05) is 31.4 Å². The minimum atomic E-state index is 0.402. The molecule has 0 bridgehead atoms. The Morgan fingerprint density at radius 2 is 2.18 bits per heavy atom. The highest BCUT2D eigenvalue weighted by Crippen LogP contribution is 2.32. The molecule has 1 aliphatic heterocycles. The Morgan fingerprint density at radius 3 is 2.93 bits per heavy atom. The zero-order valence-corrected chi connectivity index (χ0v) is 16.2. The van der Waals surface area contributed by atoms with E-state index in [0.717, 1.165) is 28.9 Å². The van der Waals surface area contributed by atoms with Gasteiger partial charge in [0, 0.05) is 11.9 Å². The minimum Gasteiger partial charge on any atom is -0.495 e. The van der Waals surface area contributed by atoms with E-state index in [4.69, 9.17) is 10.5 Å². The summed E-state index contributed by atoms with van der Waals surface area (Å²) in [5.74, 6) is 1.78. The highest BCUT2D eigenvalue weighted by atomic mass is 16.5. The molecule has 0 amide bonds. The highest BCUT2D eigenvalue weighted by Gasteiger charge is 2.26. The summed E-state index contributed by atoms with van der Waals surface area (Å²) in [5, 5.41) is 7.46. The summed E-state index contributed by atoms with van der Waals surface area (Å²) in [4.78, 5) is 11.9. The van der Waals surface area contributed by atoms with Crippen molar-refractivity contribution >= 4 is 35.5 Å². The van der Waals surface area contributed by atoms with E-state index in [0.29, 0.717) is 23.1 Å². The number of hydrogen-bond acceptors (Lipinski definition) is 6. The molecule has 1 aromatic heterocycles. The summed E-state index contributed by atoms with van der Waals surface area (Å²) in [6.45, 7) is 4.60. The topological polar surface area (TPSA) is 91.4 Å². The lowest BCUT2D eigenvalue weighted by molar-refractivity contribution is 0.253. The molecule has 1 aromatic carbocycles. The monoisotopic (exact) mass is 378 g/mol. The van der Waals surface area contributed by atoms with Crippen LogP contribution in [0.4, 0.5) is 0 Å². The molecule has 1 aliphatic carbocycles. The van der Waals surface area contributed by atoms with Crippen molar-refractivity contribution in [3.05, 3.63) is 35.7 Å². The number of aliphatic imine (C=N–C) groups is 2. The van der Waals surface area contributed by atoms with Crippen molar-refractivity contribution in [2.24, 2.45) is 26.7 Å². The second-order valence-corrected chi connectivity index (χ2v) is 7.29. The Hall–Kier alpha value is -3.09. The molecule has 1 saturated carbocycles. The summed E-state index contributed by atoms with van der Waals surface area (Å²) in [6, 6.07) is 7.94. The van der Waals surface area contributed by atoms with Gasteiger partial charge in [-0.3, -0.25) is 10.0 Å². The number of hydrogen-bond donors (Lipinski definition) is 2. The number of amidine groups is 1. The molecule has 28 heavy (non-hydrogen) atoms. The number of para-hydroxylation sites is 1. The number of aromatic amines is 1. The van der Waals surface area contributed by atoms with E-state index in [1.807, 2.05) is 29.3 Å². The van der Waals surface area contributed by atoms with E-state index >= 15 is 0 Å². The Morgan fingerprint density at radius 1 is 1.36 bits per heavy atom. The third-order valence-corrected chi connectivity index (χ3v) is 5.52. The van der Waals surface area contributed by atoms with Crippen molar-refractivity contribution in [1.82, 2.24) is 9.99 Å². The summed E-state index contributed by atoms with van der Waals surface area (Å²) in [5.41, 5.74) is 9.35. The van der Waals surface area contributed by atoms with E-state index in [-0.39, 0.29) is 0 Å². The number of nitrogens with one attached hydrogen (secondary N) is 1. The van der Waals surface area contributed by atoms with Gasteiger partial charge in [0.25, 0.3) is 0 Å². The fraction of sp³-hybridized carbons (Fsp3) is 0.381. The van der Waals surface area contributed by atoms with Crippen LogP contribution in [0.3, 0.4) is 0 Å². The predicted molar refractivity (Wildman–Crippen MR) is 115 cm³/mol. The molecule has 4 rings (SSSR count). The van der Waals surface area contributed by atoms with Gasteiger partial charge >= 0.3 is 0 Å². The maximum atomic E-state index is 6.27. The molecule has 0 saturated heterocycles. The van der Waals surface area contributed by atoms with Crippen molar-refractivity contribution in [2.75, 3.05) is 13.7 Å². The fourth-order valence-corrected chi connectivity index (χ4v) is 4.11. The van der Waals surface area contributed by atoms with Crippen molar-refractivity contribution in [3.8, 4) is 5.75 Å². The Kier molecular flexibility index (Phi) is 5.14. The van der Waals surface area contributed by atoms with E-state index in [1.165, 1.54) is 38.4 Å². The number of methoxy groups -OCH3 is 1. The van der Waals surface area contributed by atoms with Gasteiger partial charge in [-0.05, 0) is 37.6 Å². The normalized spacial score (nSPS) is 19.6. The summed E-state index contributed by atoms with van der Waals surface area (Å²) in [6.07, 6.45) is 7.82. The first-order valence-corrected chi connectivity index (χ1v) is 9.72. The van der Waals surface area contributed by atoms with Crippen LogP contribution in [-0.2, 0) is 0 Å². The molecule has 0 unspecified atom stereocenters. The van der Waals surface area contributed by atoms with E-state index in [2.05, 4.69) is 26.8 Å². The lowest BCUT2D eigenvalue weighted by Crippen LogP contribution is -2.35.